The Morgan fingerprint density at radius 3 is 1.60 bits per heavy atom. The van der Waals surface area contributed by atoms with Crippen LogP contribution in [0.4, 0.5) is 0 Å². The molecule has 0 saturated carbocycles. The molecule has 0 aromatic heterocycles. The third-order valence-corrected chi connectivity index (χ3v) is 0.552. The normalized spacial score (nSPS) is 8.00. The molecular weight excluding hydrogens is 190 g/mol. The summed E-state index contributed by atoms with van der Waals surface area (Å²) in [5, 5.41) is 18.1. The van der Waals surface area contributed by atoms with Crippen LogP contribution >= 0.6 is 0 Å². The molecule has 0 aromatic rings. The molecule has 6 heteroatoms. The summed E-state index contributed by atoms with van der Waals surface area (Å²) in [6, 6.07) is 0. The van der Waals surface area contributed by atoms with Gasteiger partial charge in [0.15, 0.2) is 0 Å². The van der Waals surface area contributed by atoms with Crippen LogP contribution in [0.1, 0.15) is 0 Å². The Morgan fingerprint density at radius 2 is 1.40 bits per heavy atom. The van der Waals surface area contributed by atoms with E-state index in [4.69, 9.17) is 10.2 Å². The van der Waals surface area contributed by atoms with Crippen LogP contribution in [0.2, 0.25) is 0 Å². The molecule has 5 nitrogen and oxygen atoms in total. The van der Waals surface area contributed by atoms with Crippen LogP contribution in [-0.4, -0.2) is 35.2 Å². The first-order valence-corrected chi connectivity index (χ1v) is 2.27. The summed E-state index contributed by atoms with van der Waals surface area (Å²) in [5.74, 6) is -2.12. The second-order valence-electron chi connectivity index (χ2n) is 1.39. The van der Waals surface area contributed by atoms with Crippen LogP contribution in [0.25, 0.3) is 0 Å². The molecule has 0 rings (SSSR count). The van der Waals surface area contributed by atoms with Crippen molar-refractivity contribution in [1.29, 1.82) is 0 Å². The summed E-state index contributed by atoms with van der Waals surface area (Å²) in [7, 11) is 0. The van der Waals surface area contributed by atoms with E-state index in [1.54, 1.807) is 0 Å². The molecule has 0 amide bonds. The van der Waals surface area contributed by atoms with Gasteiger partial charge in [-0.2, -0.15) is 0 Å². The molecule has 3 N–H and O–H groups in total. The van der Waals surface area contributed by atoms with E-state index in [0.717, 1.165) is 0 Å². The van der Waals surface area contributed by atoms with E-state index in [2.05, 4.69) is 5.32 Å². The Hall–Kier alpha value is -0.581. The SMILES string of the molecule is O=C(O)CNCC(=O)O.[Cu]. The van der Waals surface area contributed by atoms with E-state index in [9.17, 15) is 9.59 Å². The largest absolute Gasteiger partial charge is 0.480 e. The van der Waals surface area contributed by atoms with Crippen LogP contribution < -0.4 is 5.32 Å². The number of carboxylic acids is 2. The van der Waals surface area contributed by atoms with Crippen molar-refractivity contribution < 1.29 is 36.9 Å². The number of rotatable bonds is 4. The molecule has 0 aromatic carbocycles. The molecule has 0 aliphatic heterocycles. The Kier molecular flexibility index (Phi) is 7.93. The molecule has 0 spiro atoms. The Morgan fingerprint density at radius 1 is 1.10 bits per heavy atom. The van der Waals surface area contributed by atoms with Gasteiger partial charge in [0.05, 0.1) is 13.1 Å². The van der Waals surface area contributed by atoms with Gasteiger partial charge in [0.1, 0.15) is 0 Å². The van der Waals surface area contributed by atoms with Gasteiger partial charge in [-0.1, -0.05) is 0 Å². The van der Waals surface area contributed by atoms with Crippen LogP contribution in [0.5, 0.6) is 0 Å². The van der Waals surface area contributed by atoms with E-state index >= 15 is 0 Å². The number of nitrogens with one attached hydrogen (secondary N) is 1. The third kappa shape index (κ3) is 10.4. The van der Waals surface area contributed by atoms with Crippen molar-refractivity contribution in [1.82, 2.24) is 5.32 Å². The molecule has 0 heterocycles. The molecule has 0 atom stereocenters. The smallest absolute Gasteiger partial charge is 0.317 e. The van der Waals surface area contributed by atoms with Gasteiger partial charge >= 0.3 is 11.9 Å². The first-order chi connectivity index (χ1) is 4.13. The molecule has 0 bridgehead atoms. The third-order valence-electron chi connectivity index (χ3n) is 0.552. The van der Waals surface area contributed by atoms with Crippen molar-refractivity contribution in [3.63, 3.8) is 0 Å². The van der Waals surface area contributed by atoms with E-state index in [1.807, 2.05) is 0 Å². The molecule has 0 fully saturated rings. The Balaban J connectivity index is 0. The van der Waals surface area contributed by atoms with Crippen molar-refractivity contribution in [2.24, 2.45) is 0 Å². The number of carbonyl (C=O) groups is 2. The van der Waals surface area contributed by atoms with Gasteiger partial charge in [0.25, 0.3) is 0 Å². The van der Waals surface area contributed by atoms with E-state index in [1.165, 1.54) is 0 Å². The van der Waals surface area contributed by atoms with Gasteiger partial charge in [0, 0.05) is 17.1 Å². The minimum atomic E-state index is -1.06. The Bertz CT molecular complexity index is 112. The van der Waals surface area contributed by atoms with E-state index in [-0.39, 0.29) is 30.2 Å². The fourth-order valence-corrected chi connectivity index (χ4v) is 0.276. The van der Waals surface area contributed by atoms with Gasteiger partial charge in [-0.25, -0.2) is 0 Å². The van der Waals surface area contributed by atoms with Crippen molar-refractivity contribution in [2.75, 3.05) is 13.1 Å². The van der Waals surface area contributed by atoms with Crippen molar-refractivity contribution in [3.05, 3.63) is 0 Å². The zero-order chi connectivity index (χ0) is 7.28. The monoisotopic (exact) mass is 196 g/mol. The average molecular weight is 197 g/mol. The summed E-state index contributed by atoms with van der Waals surface area (Å²) in [5.41, 5.74) is 0. The fourth-order valence-electron chi connectivity index (χ4n) is 0.276. The number of aliphatic carboxylic acids is 2. The number of carboxylic acid groups (broad SMARTS) is 2. The zero-order valence-corrected chi connectivity index (χ0v) is 5.87. The quantitative estimate of drug-likeness (QED) is 0.489. The maximum atomic E-state index is 9.73. The maximum Gasteiger partial charge on any atom is 0.317 e. The molecule has 0 aliphatic rings. The van der Waals surface area contributed by atoms with Gasteiger partial charge in [0.2, 0.25) is 0 Å². The van der Waals surface area contributed by atoms with Crippen LogP contribution in [0.3, 0.4) is 0 Å². The molecule has 0 aliphatic carbocycles. The minimum Gasteiger partial charge on any atom is -0.480 e. The van der Waals surface area contributed by atoms with E-state index in [0.29, 0.717) is 0 Å². The second-order valence-corrected chi connectivity index (χ2v) is 1.39. The van der Waals surface area contributed by atoms with Gasteiger partial charge in [-0.3, -0.25) is 14.9 Å². The van der Waals surface area contributed by atoms with Gasteiger partial charge < -0.3 is 10.2 Å². The first-order valence-electron chi connectivity index (χ1n) is 2.27. The minimum absolute atomic E-state index is 0. The van der Waals surface area contributed by atoms with Gasteiger partial charge in [-0.15, -0.1) is 0 Å². The van der Waals surface area contributed by atoms with Gasteiger partial charge in [-0.05, 0) is 0 Å². The maximum absolute atomic E-state index is 9.73. The molecular formula is C4H7CuNO4. The molecule has 1 radical (unpaired) electrons. The zero-order valence-electron chi connectivity index (χ0n) is 4.93. The Labute approximate surface area is 67.9 Å². The topological polar surface area (TPSA) is 86.6 Å². The van der Waals surface area contributed by atoms with Crippen molar-refractivity contribution >= 4 is 11.9 Å². The number of hydrogen-bond donors (Lipinski definition) is 3. The second kappa shape index (κ2) is 6.54. The number of hydrogen-bond acceptors (Lipinski definition) is 3. The molecule has 0 unspecified atom stereocenters. The van der Waals surface area contributed by atoms with Crippen molar-refractivity contribution in [3.8, 4) is 0 Å². The van der Waals surface area contributed by atoms with Crippen LogP contribution in [0, 0.1) is 0 Å². The predicted molar refractivity (Wildman–Crippen MR) is 28.1 cm³/mol. The van der Waals surface area contributed by atoms with Crippen LogP contribution in [-0.2, 0) is 26.7 Å². The molecule has 63 valence electrons. The van der Waals surface area contributed by atoms with Crippen molar-refractivity contribution in [2.45, 2.75) is 0 Å². The van der Waals surface area contributed by atoms with E-state index < -0.39 is 11.9 Å². The molecule has 10 heavy (non-hydrogen) atoms. The predicted octanol–water partition coefficient (Wildman–Crippen LogP) is -1.26. The average Bonchev–Trinajstić information content (AvgIpc) is 1.63. The summed E-state index contributed by atoms with van der Waals surface area (Å²) >= 11 is 0. The standard InChI is InChI=1S/C4H7NO4.Cu/c6-3(7)1-5-2-4(8)9;/h5H,1-2H2,(H,6,7)(H,8,9);. The van der Waals surface area contributed by atoms with Crippen LogP contribution in [0.15, 0.2) is 0 Å². The molecule has 0 saturated heterocycles. The summed E-state index contributed by atoms with van der Waals surface area (Å²) in [6.07, 6.45) is 0. The first kappa shape index (κ1) is 12.1. The summed E-state index contributed by atoms with van der Waals surface area (Å²) < 4.78 is 0. The fraction of sp³-hybridized carbons (Fsp3) is 0.500. The summed E-state index contributed by atoms with van der Waals surface area (Å²) in [6.45, 7) is -0.626. The summed E-state index contributed by atoms with van der Waals surface area (Å²) in [4.78, 5) is 19.5.